The Labute approximate surface area is 131 Å². The number of pyridine rings is 1. The zero-order chi connectivity index (χ0) is 16.8. The highest BCUT2D eigenvalue weighted by Crippen LogP contribution is 2.23. The smallest absolute Gasteiger partial charge is 0.356 e. The standard InChI is InChI=1S/C15H13N3O5/c1-2-23-15(20)12-8-5-7-11(16-12)14(19)17-10-6-3-4-9-13(10)18(21)22/h3-9H,2H2,1H3,(H,17,19). The fourth-order valence-electron chi connectivity index (χ4n) is 1.80. The molecular formula is C15H13N3O5. The maximum Gasteiger partial charge on any atom is 0.356 e. The summed E-state index contributed by atoms with van der Waals surface area (Å²) in [5, 5.41) is 13.3. The van der Waals surface area contributed by atoms with Gasteiger partial charge in [-0.1, -0.05) is 18.2 Å². The molecule has 8 heteroatoms. The van der Waals surface area contributed by atoms with Crippen molar-refractivity contribution >= 4 is 23.3 Å². The zero-order valence-electron chi connectivity index (χ0n) is 12.2. The second-order valence-electron chi connectivity index (χ2n) is 4.36. The van der Waals surface area contributed by atoms with Crippen molar-refractivity contribution in [3.05, 3.63) is 64.0 Å². The zero-order valence-corrected chi connectivity index (χ0v) is 12.2. The lowest BCUT2D eigenvalue weighted by atomic mass is 10.2. The van der Waals surface area contributed by atoms with Gasteiger partial charge in [0.1, 0.15) is 17.1 Å². The number of hydrogen-bond donors (Lipinski definition) is 1. The van der Waals surface area contributed by atoms with Crippen LogP contribution in [0.5, 0.6) is 0 Å². The van der Waals surface area contributed by atoms with Crippen LogP contribution in [-0.4, -0.2) is 28.4 Å². The van der Waals surface area contributed by atoms with Gasteiger partial charge in [0.15, 0.2) is 0 Å². The topological polar surface area (TPSA) is 111 Å². The van der Waals surface area contributed by atoms with E-state index >= 15 is 0 Å². The Morgan fingerprint density at radius 3 is 2.57 bits per heavy atom. The molecule has 1 heterocycles. The van der Waals surface area contributed by atoms with E-state index in [1.807, 2.05) is 0 Å². The van der Waals surface area contributed by atoms with Crippen molar-refractivity contribution in [3.63, 3.8) is 0 Å². The predicted molar refractivity (Wildman–Crippen MR) is 81.2 cm³/mol. The summed E-state index contributed by atoms with van der Waals surface area (Å²) in [4.78, 5) is 38.0. The Bertz CT molecular complexity index is 760. The molecule has 0 fully saturated rings. The minimum Gasteiger partial charge on any atom is -0.461 e. The molecule has 1 aromatic carbocycles. The summed E-state index contributed by atoms with van der Waals surface area (Å²) < 4.78 is 4.81. The number of nitro benzene ring substituents is 1. The van der Waals surface area contributed by atoms with Crippen molar-refractivity contribution in [2.24, 2.45) is 0 Å². The second kappa shape index (κ2) is 7.12. The van der Waals surface area contributed by atoms with E-state index in [4.69, 9.17) is 4.74 Å². The lowest BCUT2D eigenvalue weighted by Crippen LogP contribution is -2.17. The molecule has 0 atom stereocenters. The van der Waals surface area contributed by atoms with Crippen molar-refractivity contribution in [2.75, 3.05) is 11.9 Å². The monoisotopic (exact) mass is 315 g/mol. The first-order valence-electron chi connectivity index (χ1n) is 6.72. The van der Waals surface area contributed by atoms with Gasteiger partial charge in [-0.15, -0.1) is 0 Å². The molecule has 1 aromatic heterocycles. The Kier molecular flexibility index (Phi) is 4.98. The lowest BCUT2D eigenvalue weighted by molar-refractivity contribution is -0.383. The van der Waals surface area contributed by atoms with Gasteiger partial charge in [-0.2, -0.15) is 0 Å². The highest BCUT2D eigenvalue weighted by atomic mass is 16.6. The number of ether oxygens (including phenoxy) is 1. The summed E-state index contributed by atoms with van der Waals surface area (Å²) in [6.07, 6.45) is 0. The number of esters is 1. The van der Waals surface area contributed by atoms with Gasteiger partial charge in [-0.25, -0.2) is 9.78 Å². The largest absolute Gasteiger partial charge is 0.461 e. The molecule has 0 saturated carbocycles. The van der Waals surface area contributed by atoms with Crippen molar-refractivity contribution in [2.45, 2.75) is 6.92 Å². The number of nitrogens with one attached hydrogen (secondary N) is 1. The Morgan fingerprint density at radius 2 is 1.87 bits per heavy atom. The van der Waals surface area contributed by atoms with Gasteiger partial charge >= 0.3 is 5.97 Å². The van der Waals surface area contributed by atoms with Crippen LogP contribution in [0.25, 0.3) is 0 Å². The first kappa shape index (κ1) is 16.1. The fraction of sp³-hybridized carbons (Fsp3) is 0.133. The van der Waals surface area contributed by atoms with Crippen LogP contribution >= 0.6 is 0 Å². The van der Waals surface area contributed by atoms with E-state index in [1.54, 1.807) is 13.0 Å². The number of para-hydroxylation sites is 2. The number of rotatable bonds is 5. The third-order valence-electron chi connectivity index (χ3n) is 2.82. The van der Waals surface area contributed by atoms with Crippen LogP contribution in [-0.2, 0) is 4.74 Å². The molecule has 8 nitrogen and oxygen atoms in total. The van der Waals surface area contributed by atoms with Crippen LogP contribution in [0.15, 0.2) is 42.5 Å². The van der Waals surface area contributed by atoms with E-state index in [1.165, 1.54) is 36.4 Å². The van der Waals surface area contributed by atoms with Crippen LogP contribution in [0, 0.1) is 10.1 Å². The van der Waals surface area contributed by atoms with Crippen LogP contribution in [0.2, 0.25) is 0 Å². The first-order valence-corrected chi connectivity index (χ1v) is 6.72. The minimum atomic E-state index is -0.662. The van der Waals surface area contributed by atoms with Crippen molar-refractivity contribution in [3.8, 4) is 0 Å². The van der Waals surface area contributed by atoms with E-state index in [9.17, 15) is 19.7 Å². The maximum atomic E-state index is 12.2. The first-order chi connectivity index (χ1) is 11.0. The molecule has 0 aliphatic carbocycles. The Hall–Kier alpha value is -3.29. The highest BCUT2D eigenvalue weighted by Gasteiger charge is 2.17. The van der Waals surface area contributed by atoms with E-state index in [0.717, 1.165) is 0 Å². The number of nitrogens with zero attached hydrogens (tertiary/aromatic N) is 2. The molecule has 0 unspecified atom stereocenters. The van der Waals surface area contributed by atoms with E-state index < -0.39 is 16.8 Å². The third kappa shape index (κ3) is 3.88. The van der Waals surface area contributed by atoms with Crippen molar-refractivity contribution < 1.29 is 19.2 Å². The van der Waals surface area contributed by atoms with Gasteiger partial charge in [-0.05, 0) is 25.1 Å². The van der Waals surface area contributed by atoms with Crippen molar-refractivity contribution in [1.82, 2.24) is 4.98 Å². The number of benzene rings is 1. The number of carbonyl (C=O) groups excluding carboxylic acids is 2. The van der Waals surface area contributed by atoms with Crippen LogP contribution in [0.3, 0.4) is 0 Å². The molecule has 2 rings (SSSR count). The molecule has 2 aromatic rings. The molecule has 0 saturated heterocycles. The van der Waals surface area contributed by atoms with E-state index in [-0.39, 0.29) is 29.4 Å². The van der Waals surface area contributed by atoms with Crippen LogP contribution in [0.4, 0.5) is 11.4 Å². The molecule has 0 aliphatic heterocycles. The number of amides is 1. The SMILES string of the molecule is CCOC(=O)c1cccc(C(=O)Nc2ccccc2[N+](=O)[O-])n1. The number of carbonyl (C=O) groups is 2. The lowest BCUT2D eigenvalue weighted by Gasteiger charge is -2.06. The summed E-state index contributed by atoms with van der Waals surface area (Å²) >= 11 is 0. The molecule has 23 heavy (non-hydrogen) atoms. The second-order valence-corrected chi connectivity index (χ2v) is 4.36. The summed E-state index contributed by atoms with van der Waals surface area (Å²) in [7, 11) is 0. The molecule has 118 valence electrons. The summed E-state index contributed by atoms with van der Waals surface area (Å²) in [5.74, 6) is -1.31. The van der Waals surface area contributed by atoms with Gasteiger partial charge in [0.05, 0.1) is 11.5 Å². The van der Waals surface area contributed by atoms with Gasteiger partial charge < -0.3 is 10.1 Å². The van der Waals surface area contributed by atoms with E-state index in [0.29, 0.717) is 0 Å². The number of anilines is 1. The Morgan fingerprint density at radius 1 is 1.17 bits per heavy atom. The predicted octanol–water partition coefficient (Wildman–Crippen LogP) is 2.42. The average Bonchev–Trinajstić information content (AvgIpc) is 2.55. The molecule has 1 amide bonds. The molecule has 0 spiro atoms. The number of aromatic nitrogens is 1. The van der Waals surface area contributed by atoms with Crippen molar-refractivity contribution in [1.29, 1.82) is 0 Å². The molecular weight excluding hydrogens is 302 g/mol. The van der Waals surface area contributed by atoms with Gasteiger partial charge in [-0.3, -0.25) is 14.9 Å². The third-order valence-corrected chi connectivity index (χ3v) is 2.82. The molecule has 0 bridgehead atoms. The summed E-state index contributed by atoms with van der Waals surface area (Å²) in [6, 6.07) is 10.0. The number of nitro groups is 1. The summed E-state index contributed by atoms with van der Waals surface area (Å²) in [5.41, 5.74) is -0.246. The van der Waals surface area contributed by atoms with Gasteiger partial charge in [0.25, 0.3) is 11.6 Å². The fourth-order valence-corrected chi connectivity index (χ4v) is 1.80. The Balaban J connectivity index is 2.23. The van der Waals surface area contributed by atoms with Crippen LogP contribution < -0.4 is 5.32 Å². The molecule has 1 N–H and O–H groups in total. The molecule has 0 radical (unpaired) electrons. The number of hydrogen-bond acceptors (Lipinski definition) is 6. The van der Waals surface area contributed by atoms with E-state index in [2.05, 4.69) is 10.3 Å². The average molecular weight is 315 g/mol. The van der Waals surface area contributed by atoms with Crippen LogP contribution in [0.1, 0.15) is 27.9 Å². The molecule has 0 aliphatic rings. The quantitative estimate of drug-likeness (QED) is 0.515. The van der Waals surface area contributed by atoms with Gasteiger partial charge in [0, 0.05) is 6.07 Å². The maximum absolute atomic E-state index is 12.2. The minimum absolute atomic E-state index is 0.0120. The highest BCUT2D eigenvalue weighted by molar-refractivity contribution is 6.04. The normalized spacial score (nSPS) is 9.96. The van der Waals surface area contributed by atoms with Gasteiger partial charge in [0.2, 0.25) is 0 Å². The summed E-state index contributed by atoms with van der Waals surface area (Å²) in [6.45, 7) is 1.84.